The Morgan fingerprint density at radius 2 is 0.792 bits per heavy atom. The summed E-state index contributed by atoms with van der Waals surface area (Å²) in [5, 5.41) is 10.1. The molecule has 0 saturated heterocycles. The maximum atomic E-state index is 2.42. The van der Waals surface area contributed by atoms with Gasteiger partial charge in [-0.25, -0.2) is 0 Å². The highest BCUT2D eigenvalue weighted by molar-refractivity contribution is 6.20. The van der Waals surface area contributed by atoms with Gasteiger partial charge >= 0.3 is 0 Å². The van der Waals surface area contributed by atoms with Crippen molar-refractivity contribution in [1.29, 1.82) is 0 Å². The molecular weight excluding hydrogens is 639 g/mol. The van der Waals surface area contributed by atoms with Crippen LogP contribution < -0.4 is 4.90 Å². The molecule has 0 amide bonds. The number of rotatable bonds is 6. The van der Waals surface area contributed by atoms with E-state index in [-0.39, 0.29) is 0 Å². The first-order valence-electron chi connectivity index (χ1n) is 18.3. The molecule has 0 aliphatic rings. The minimum Gasteiger partial charge on any atom is -0.310 e. The maximum absolute atomic E-state index is 2.42. The molecule has 0 spiro atoms. The van der Waals surface area contributed by atoms with E-state index in [9.17, 15) is 0 Å². The van der Waals surface area contributed by atoms with E-state index in [4.69, 9.17) is 0 Å². The fraction of sp³-hybridized carbons (Fsp3) is 0. The lowest BCUT2D eigenvalue weighted by molar-refractivity contribution is 1.28. The van der Waals surface area contributed by atoms with Crippen LogP contribution in [0.15, 0.2) is 212 Å². The summed E-state index contributed by atoms with van der Waals surface area (Å²) in [6, 6.07) is 77.3. The van der Waals surface area contributed by atoms with Gasteiger partial charge in [-0.1, -0.05) is 176 Å². The van der Waals surface area contributed by atoms with Gasteiger partial charge in [-0.2, -0.15) is 0 Å². The van der Waals surface area contributed by atoms with E-state index < -0.39 is 0 Å². The van der Waals surface area contributed by atoms with Gasteiger partial charge in [0.2, 0.25) is 0 Å². The second-order valence-corrected chi connectivity index (χ2v) is 13.7. The van der Waals surface area contributed by atoms with E-state index in [1.807, 2.05) is 0 Å². The fourth-order valence-electron chi connectivity index (χ4n) is 8.05. The molecule has 0 atom stereocenters. The van der Waals surface area contributed by atoms with Crippen LogP contribution in [0.25, 0.3) is 76.5 Å². The molecule has 53 heavy (non-hydrogen) atoms. The molecule has 0 N–H and O–H groups in total. The van der Waals surface area contributed by atoms with Crippen LogP contribution in [0.5, 0.6) is 0 Å². The average molecular weight is 674 g/mol. The normalized spacial score (nSPS) is 11.4. The molecule has 0 unspecified atom stereocenters. The molecule has 10 aromatic rings. The quantitative estimate of drug-likeness (QED) is 0.159. The summed E-state index contributed by atoms with van der Waals surface area (Å²) in [6.45, 7) is 0. The number of hydrogen-bond donors (Lipinski definition) is 0. The highest BCUT2D eigenvalue weighted by atomic mass is 15.1. The van der Waals surface area contributed by atoms with E-state index in [0.717, 1.165) is 17.1 Å². The Morgan fingerprint density at radius 1 is 0.264 bits per heavy atom. The van der Waals surface area contributed by atoms with Crippen molar-refractivity contribution in [3.05, 3.63) is 212 Å². The molecule has 1 nitrogen and oxygen atoms in total. The van der Waals surface area contributed by atoms with Crippen LogP contribution in [-0.2, 0) is 0 Å². The van der Waals surface area contributed by atoms with Crippen LogP contribution >= 0.6 is 0 Å². The number of anilines is 3. The number of fused-ring (bicyclic) bond motifs is 6. The van der Waals surface area contributed by atoms with Crippen LogP contribution in [0.2, 0.25) is 0 Å². The molecule has 0 aliphatic heterocycles. The van der Waals surface area contributed by atoms with Gasteiger partial charge in [-0.05, 0) is 107 Å². The summed E-state index contributed by atoms with van der Waals surface area (Å²) in [7, 11) is 0. The summed E-state index contributed by atoms with van der Waals surface area (Å²) < 4.78 is 0. The SMILES string of the molecule is c1ccc(-c2ccc(N(c3cccc(-c4ccc5ccc6ccc7ccccc7c6c5c4)c3)c3ccccc3-c3cccc4ccccc34)cc2)cc1. The number of benzene rings is 10. The molecular formula is C52H35N. The van der Waals surface area contributed by atoms with Gasteiger partial charge in [0, 0.05) is 16.9 Å². The molecule has 10 aromatic carbocycles. The summed E-state index contributed by atoms with van der Waals surface area (Å²) >= 11 is 0. The highest BCUT2D eigenvalue weighted by Crippen LogP contribution is 2.44. The molecule has 0 saturated carbocycles. The monoisotopic (exact) mass is 673 g/mol. The largest absolute Gasteiger partial charge is 0.310 e. The number of nitrogens with zero attached hydrogens (tertiary/aromatic N) is 1. The predicted octanol–water partition coefficient (Wildman–Crippen LogP) is 14.8. The fourth-order valence-corrected chi connectivity index (χ4v) is 8.05. The Kier molecular flexibility index (Phi) is 7.55. The Hall–Kier alpha value is -6.96. The van der Waals surface area contributed by atoms with E-state index >= 15 is 0 Å². The predicted molar refractivity (Wildman–Crippen MR) is 227 cm³/mol. The molecule has 0 aliphatic carbocycles. The van der Waals surface area contributed by atoms with E-state index in [1.54, 1.807) is 0 Å². The zero-order chi connectivity index (χ0) is 35.1. The van der Waals surface area contributed by atoms with Crippen molar-refractivity contribution >= 4 is 60.2 Å². The first-order valence-corrected chi connectivity index (χ1v) is 18.3. The Bertz CT molecular complexity index is 2930. The lowest BCUT2D eigenvalue weighted by Gasteiger charge is -2.29. The van der Waals surface area contributed by atoms with Crippen LogP contribution in [0.3, 0.4) is 0 Å². The highest BCUT2D eigenvalue weighted by Gasteiger charge is 2.19. The second-order valence-electron chi connectivity index (χ2n) is 13.7. The molecule has 0 bridgehead atoms. The van der Waals surface area contributed by atoms with Crippen molar-refractivity contribution in [3.63, 3.8) is 0 Å². The third-order valence-electron chi connectivity index (χ3n) is 10.6. The minimum absolute atomic E-state index is 1.10. The molecule has 0 fully saturated rings. The lowest BCUT2D eigenvalue weighted by atomic mass is 9.93. The third kappa shape index (κ3) is 5.51. The summed E-state index contributed by atoms with van der Waals surface area (Å²) in [5.74, 6) is 0. The van der Waals surface area contributed by atoms with Gasteiger partial charge in [-0.15, -0.1) is 0 Å². The van der Waals surface area contributed by atoms with E-state index in [0.29, 0.717) is 0 Å². The third-order valence-corrected chi connectivity index (χ3v) is 10.6. The standard InChI is InChI=1S/C52H35N/c1-2-12-36(13-3-1)37-30-32-44(33-31-37)53(51-23-9-8-21-49(51)48-22-11-16-38-14-4-6-19-46(38)48)45-18-10-17-42(34-45)43-29-26-40-25-28-41-27-24-39-15-5-7-20-47(39)52(41)50(40)35-43/h1-35H. The van der Waals surface area contributed by atoms with Gasteiger partial charge in [0.25, 0.3) is 0 Å². The molecule has 1 heteroatoms. The first kappa shape index (κ1) is 30.8. The smallest absolute Gasteiger partial charge is 0.0540 e. The molecule has 10 rings (SSSR count). The zero-order valence-corrected chi connectivity index (χ0v) is 29.2. The van der Waals surface area contributed by atoms with Crippen LogP contribution in [-0.4, -0.2) is 0 Å². The van der Waals surface area contributed by atoms with E-state index in [1.165, 1.54) is 76.5 Å². The van der Waals surface area contributed by atoms with Crippen molar-refractivity contribution < 1.29 is 0 Å². The second kappa shape index (κ2) is 13.0. The average Bonchev–Trinajstić information content (AvgIpc) is 3.24. The van der Waals surface area contributed by atoms with Gasteiger partial charge in [0.15, 0.2) is 0 Å². The van der Waals surface area contributed by atoms with Gasteiger partial charge in [0.1, 0.15) is 0 Å². The maximum Gasteiger partial charge on any atom is 0.0540 e. The van der Waals surface area contributed by atoms with Crippen molar-refractivity contribution in [2.24, 2.45) is 0 Å². The van der Waals surface area contributed by atoms with Crippen molar-refractivity contribution in [2.75, 3.05) is 4.90 Å². The topological polar surface area (TPSA) is 3.24 Å². The molecule has 0 aromatic heterocycles. The van der Waals surface area contributed by atoms with Crippen LogP contribution in [0.1, 0.15) is 0 Å². The van der Waals surface area contributed by atoms with Gasteiger partial charge in [0.05, 0.1) is 5.69 Å². The number of hydrogen-bond acceptors (Lipinski definition) is 1. The lowest BCUT2D eigenvalue weighted by Crippen LogP contribution is -2.11. The van der Waals surface area contributed by atoms with Crippen molar-refractivity contribution in [2.45, 2.75) is 0 Å². The van der Waals surface area contributed by atoms with E-state index in [2.05, 4.69) is 217 Å². The first-order chi connectivity index (χ1) is 26.3. The summed E-state index contributed by atoms with van der Waals surface area (Å²) in [4.78, 5) is 2.42. The molecule has 248 valence electrons. The van der Waals surface area contributed by atoms with Crippen molar-refractivity contribution in [3.8, 4) is 33.4 Å². The van der Waals surface area contributed by atoms with Crippen LogP contribution in [0, 0.1) is 0 Å². The van der Waals surface area contributed by atoms with Crippen LogP contribution in [0.4, 0.5) is 17.1 Å². The zero-order valence-electron chi connectivity index (χ0n) is 29.2. The Balaban J connectivity index is 1.16. The number of para-hydroxylation sites is 1. The Labute approximate surface area is 309 Å². The van der Waals surface area contributed by atoms with Gasteiger partial charge < -0.3 is 4.90 Å². The summed E-state index contributed by atoms with van der Waals surface area (Å²) in [5.41, 5.74) is 10.5. The van der Waals surface area contributed by atoms with Crippen molar-refractivity contribution in [1.82, 2.24) is 0 Å². The summed E-state index contributed by atoms with van der Waals surface area (Å²) in [6.07, 6.45) is 0. The molecule has 0 heterocycles. The molecule has 0 radical (unpaired) electrons. The Morgan fingerprint density at radius 3 is 1.62 bits per heavy atom. The van der Waals surface area contributed by atoms with Gasteiger partial charge in [-0.3, -0.25) is 0 Å². The minimum atomic E-state index is 1.10.